The number of hydrazine groups is 1. The molecule has 0 saturated heterocycles. The Balaban J connectivity index is 2.22. The zero-order chi connectivity index (χ0) is 12.3. The molecule has 92 valence electrons. The quantitative estimate of drug-likeness (QED) is 0.659. The molecule has 6 heteroatoms. The van der Waals surface area contributed by atoms with Crippen LogP contribution in [-0.2, 0) is 6.54 Å². The van der Waals surface area contributed by atoms with Crippen molar-refractivity contribution in [1.29, 1.82) is 0 Å². The molecule has 0 bridgehead atoms. The third-order valence-electron chi connectivity index (χ3n) is 2.48. The van der Waals surface area contributed by atoms with Gasteiger partial charge in [0.1, 0.15) is 0 Å². The number of hydrogen-bond acceptors (Lipinski definition) is 4. The number of aromatic nitrogens is 2. The number of rotatable bonds is 5. The summed E-state index contributed by atoms with van der Waals surface area (Å²) < 4.78 is 3.03. The fraction of sp³-hybridized carbons (Fsp3) is 0.364. The van der Waals surface area contributed by atoms with E-state index < -0.39 is 0 Å². The summed E-state index contributed by atoms with van der Waals surface area (Å²) in [6.45, 7) is 3.07. The number of nitrogens with zero attached hydrogens (tertiary/aromatic N) is 2. The van der Waals surface area contributed by atoms with Crippen molar-refractivity contribution in [1.82, 2.24) is 15.2 Å². The number of nitrogens with one attached hydrogen (secondary N) is 1. The summed E-state index contributed by atoms with van der Waals surface area (Å²) in [5, 5.41) is 6.37. The van der Waals surface area contributed by atoms with Crippen LogP contribution in [0.15, 0.2) is 28.3 Å². The van der Waals surface area contributed by atoms with Crippen LogP contribution < -0.4 is 11.3 Å². The lowest BCUT2D eigenvalue weighted by Crippen LogP contribution is -2.27. The van der Waals surface area contributed by atoms with Gasteiger partial charge in [0.05, 0.1) is 12.2 Å². The molecule has 4 nitrogen and oxygen atoms in total. The van der Waals surface area contributed by atoms with E-state index >= 15 is 0 Å². The van der Waals surface area contributed by atoms with Gasteiger partial charge in [0.2, 0.25) is 0 Å². The molecular formula is C11H15BrN4S. The maximum Gasteiger partial charge on any atom is 0.0833 e. The van der Waals surface area contributed by atoms with E-state index in [0.717, 1.165) is 23.0 Å². The molecule has 0 radical (unpaired) electrons. The molecule has 0 aliphatic rings. The average molecular weight is 315 g/mol. The minimum absolute atomic E-state index is 0.0110. The second kappa shape index (κ2) is 5.77. The van der Waals surface area contributed by atoms with Crippen molar-refractivity contribution in [3.05, 3.63) is 38.8 Å². The van der Waals surface area contributed by atoms with Crippen molar-refractivity contribution in [2.45, 2.75) is 25.9 Å². The Morgan fingerprint density at radius 3 is 3.06 bits per heavy atom. The van der Waals surface area contributed by atoms with Crippen LogP contribution in [0.5, 0.6) is 0 Å². The minimum atomic E-state index is 0.0110. The Morgan fingerprint density at radius 1 is 1.65 bits per heavy atom. The Kier molecular flexibility index (Phi) is 4.33. The van der Waals surface area contributed by atoms with Crippen molar-refractivity contribution >= 4 is 27.3 Å². The largest absolute Gasteiger partial charge is 0.272 e. The number of thiophene rings is 1. The lowest BCUT2D eigenvalue weighted by Gasteiger charge is -2.11. The molecule has 0 aliphatic carbocycles. The summed E-state index contributed by atoms with van der Waals surface area (Å²) in [6, 6.07) is 2.09. The van der Waals surface area contributed by atoms with E-state index in [9.17, 15) is 0 Å². The zero-order valence-corrected chi connectivity index (χ0v) is 12.0. The van der Waals surface area contributed by atoms with Crippen molar-refractivity contribution in [3.63, 3.8) is 0 Å². The van der Waals surface area contributed by atoms with Gasteiger partial charge in [-0.15, -0.1) is 11.3 Å². The Labute approximate surface area is 113 Å². The monoisotopic (exact) mass is 314 g/mol. The van der Waals surface area contributed by atoms with Crippen LogP contribution in [0.2, 0.25) is 0 Å². The Hall–Kier alpha value is -0.690. The first-order valence-corrected chi connectivity index (χ1v) is 7.14. The first-order valence-electron chi connectivity index (χ1n) is 5.47. The highest BCUT2D eigenvalue weighted by Gasteiger charge is 2.16. The number of aryl methyl sites for hydroxylation is 1. The SMILES string of the molecule is CCCn1cc(C(NN)c2cc(Br)cs2)cn1. The van der Waals surface area contributed by atoms with Crippen LogP contribution >= 0.6 is 27.3 Å². The lowest BCUT2D eigenvalue weighted by molar-refractivity contribution is 0.598. The summed E-state index contributed by atoms with van der Waals surface area (Å²) in [5.41, 5.74) is 3.93. The van der Waals surface area contributed by atoms with Gasteiger partial charge < -0.3 is 0 Å². The molecular weight excluding hydrogens is 300 g/mol. The summed E-state index contributed by atoms with van der Waals surface area (Å²) in [4.78, 5) is 1.18. The molecule has 2 aromatic heterocycles. The first-order chi connectivity index (χ1) is 8.24. The van der Waals surface area contributed by atoms with Gasteiger partial charge in [-0.05, 0) is 28.4 Å². The molecule has 0 fully saturated rings. The molecule has 0 saturated carbocycles. The Morgan fingerprint density at radius 2 is 2.47 bits per heavy atom. The molecule has 0 aliphatic heterocycles. The highest BCUT2D eigenvalue weighted by molar-refractivity contribution is 9.10. The van der Waals surface area contributed by atoms with Gasteiger partial charge in [-0.1, -0.05) is 6.92 Å². The highest BCUT2D eigenvalue weighted by atomic mass is 79.9. The van der Waals surface area contributed by atoms with E-state index in [4.69, 9.17) is 5.84 Å². The van der Waals surface area contributed by atoms with Gasteiger partial charge >= 0.3 is 0 Å². The summed E-state index contributed by atoms with van der Waals surface area (Å²) >= 11 is 5.13. The smallest absolute Gasteiger partial charge is 0.0833 e. The Bertz CT molecular complexity index is 479. The van der Waals surface area contributed by atoms with E-state index in [-0.39, 0.29) is 6.04 Å². The molecule has 0 amide bonds. The van der Waals surface area contributed by atoms with E-state index in [1.807, 2.05) is 17.1 Å². The molecule has 2 heterocycles. The van der Waals surface area contributed by atoms with E-state index in [0.29, 0.717) is 0 Å². The third kappa shape index (κ3) is 2.95. The van der Waals surface area contributed by atoms with Gasteiger partial charge in [-0.3, -0.25) is 10.5 Å². The van der Waals surface area contributed by atoms with Crippen molar-refractivity contribution in [3.8, 4) is 0 Å². The second-order valence-corrected chi connectivity index (χ2v) is 5.66. The fourth-order valence-corrected chi connectivity index (χ4v) is 3.23. The van der Waals surface area contributed by atoms with Crippen molar-refractivity contribution < 1.29 is 0 Å². The van der Waals surface area contributed by atoms with Crippen LogP contribution in [0.3, 0.4) is 0 Å². The van der Waals surface area contributed by atoms with E-state index in [2.05, 4.69) is 44.8 Å². The molecule has 0 aromatic carbocycles. The predicted molar refractivity (Wildman–Crippen MR) is 73.7 cm³/mol. The van der Waals surface area contributed by atoms with Crippen LogP contribution in [-0.4, -0.2) is 9.78 Å². The average Bonchev–Trinajstić information content (AvgIpc) is 2.91. The number of nitrogens with two attached hydrogens (primary N) is 1. The normalized spacial score (nSPS) is 12.9. The number of hydrogen-bond donors (Lipinski definition) is 2. The maximum atomic E-state index is 5.63. The van der Waals surface area contributed by atoms with Gasteiger partial charge in [-0.25, -0.2) is 5.43 Å². The van der Waals surface area contributed by atoms with Gasteiger partial charge in [0.15, 0.2) is 0 Å². The van der Waals surface area contributed by atoms with Gasteiger partial charge in [0.25, 0.3) is 0 Å². The maximum absolute atomic E-state index is 5.63. The lowest BCUT2D eigenvalue weighted by atomic mass is 10.1. The predicted octanol–water partition coefficient (Wildman–Crippen LogP) is 2.67. The molecule has 1 atom stereocenters. The first kappa shape index (κ1) is 12.8. The summed E-state index contributed by atoms with van der Waals surface area (Å²) in [7, 11) is 0. The van der Waals surface area contributed by atoms with Crippen LogP contribution in [0.25, 0.3) is 0 Å². The van der Waals surface area contributed by atoms with Crippen molar-refractivity contribution in [2.24, 2.45) is 5.84 Å². The molecule has 1 unspecified atom stereocenters. The van der Waals surface area contributed by atoms with Crippen LogP contribution in [0.1, 0.15) is 29.8 Å². The molecule has 17 heavy (non-hydrogen) atoms. The van der Waals surface area contributed by atoms with Crippen LogP contribution in [0.4, 0.5) is 0 Å². The standard InChI is InChI=1S/C11H15BrN4S/c1-2-3-16-6-8(5-14-16)11(15-13)10-4-9(12)7-17-10/h4-7,11,15H,2-3,13H2,1H3. The number of halogens is 1. The zero-order valence-electron chi connectivity index (χ0n) is 9.56. The molecule has 2 aromatic rings. The second-order valence-electron chi connectivity index (χ2n) is 3.80. The minimum Gasteiger partial charge on any atom is -0.272 e. The summed E-state index contributed by atoms with van der Waals surface area (Å²) in [5.74, 6) is 5.63. The van der Waals surface area contributed by atoms with Gasteiger partial charge in [0, 0.05) is 33.0 Å². The van der Waals surface area contributed by atoms with E-state index in [1.54, 1.807) is 11.3 Å². The van der Waals surface area contributed by atoms with E-state index in [1.165, 1.54) is 4.88 Å². The fourth-order valence-electron chi connectivity index (χ4n) is 1.70. The van der Waals surface area contributed by atoms with Crippen LogP contribution in [0, 0.1) is 0 Å². The highest BCUT2D eigenvalue weighted by Crippen LogP contribution is 2.29. The molecule has 0 spiro atoms. The third-order valence-corrected chi connectivity index (χ3v) is 4.24. The van der Waals surface area contributed by atoms with Crippen molar-refractivity contribution in [2.75, 3.05) is 0 Å². The molecule has 2 rings (SSSR count). The van der Waals surface area contributed by atoms with Gasteiger partial charge in [-0.2, -0.15) is 5.10 Å². The topological polar surface area (TPSA) is 55.9 Å². The summed E-state index contributed by atoms with van der Waals surface area (Å²) in [6.07, 6.45) is 4.99. The molecule has 3 N–H and O–H groups in total.